The number of carboxylic acids is 1. The van der Waals surface area contributed by atoms with Gasteiger partial charge in [-0.25, -0.2) is 9.78 Å². The minimum Gasteiger partial charge on any atom is -0.475 e. The highest BCUT2D eigenvalue weighted by Gasteiger charge is 2.38. The first-order valence-corrected chi connectivity index (χ1v) is 15.4. The number of benzene rings is 4. The third-order valence-corrected chi connectivity index (χ3v) is 7.92. The normalized spacial score (nSPS) is 13.6. The van der Waals surface area contributed by atoms with E-state index in [-0.39, 0.29) is 5.91 Å². The zero-order chi connectivity index (χ0) is 33.2. The van der Waals surface area contributed by atoms with Crippen LogP contribution >= 0.6 is 0 Å². The van der Waals surface area contributed by atoms with Crippen LogP contribution in [-0.4, -0.2) is 76.9 Å². The van der Waals surface area contributed by atoms with Crippen molar-refractivity contribution in [3.63, 3.8) is 0 Å². The van der Waals surface area contributed by atoms with Gasteiger partial charge in [0, 0.05) is 56.1 Å². The van der Waals surface area contributed by atoms with E-state index in [0.29, 0.717) is 12.1 Å². The molecule has 4 aromatic carbocycles. The fourth-order valence-corrected chi connectivity index (χ4v) is 5.47. The molecule has 8 nitrogen and oxygen atoms in total. The van der Waals surface area contributed by atoms with Crippen LogP contribution in [0.2, 0.25) is 0 Å². The van der Waals surface area contributed by atoms with E-state index < -0.39 is 12.1 Å². The minimum absolute atomic E-state index is 0.0294. The molecule has 244 valence electrons. The van der Waals surface area contributed by atoms with Gasteiger partial charge in [0.25, 0.3) is 5.91 Å². The second-order valence-corrected chi connectivity index (χ2v) is 11.1. The van der Waals surface area contributed by atoms with Gasteiger partial charge >= 0.3 is 12.1 Å². The second-order valence-electron chi connectivity index (χ2n) is 11.1. The number of alkyl halides is 3. The lowest BCUT2D eigenvalue weighted by molar-refractivity contribution is -0.192. The number of aliphatic carboxylic acids is 1. The van der Waals surface area contributed by atoms with E-state index in [9.17, 15) is 18.0 Å². The summed E-state index contributed by atoms with van der Waals surface area (Å²) in [6.07, 6.45) is -4.14. The van der Waals surface area contributed by atoms with Gasteiger partial charge in [0.1, 0.15) is 5.82 Å². The number of aromatic nitrogens is 2. The van der Waals surface area contributed by atoms with E-state index in [1.807, 2.05) is 48.5 Å². The van der Waals surface area contributed by atoms with Gasteiger partial charge in [0.05, 0.1) is 11.0 Å². The van der Waals surface area contributed by atoms with Crippen molar-refractivity contribution in [2.45, 2.75) is 19.1 Å². The van der Waals surface area contributed by atoms with Crippen molar-refractivity contribution in [1.82, 2.24) is 19.8 Å². The van der Waals surface area contributed by atoms with Crippen LogP contribution in [-0.2, 0) is 11.3 Å². The number of amides is 1. The number of rotatable bonds is 9. The highest BCUT2D eigenvalue weighted by molar-refractivity contribution is 5.94. The number of imidazole rings is 1. The van der Waals surface area contributed by atoms with E-state index in [1.165, 1.54) is 11.3 Å². The largest absolute Gasteiger partial charge is 0.490 e. The molecule has 47 heavy (non-hydrogen) atoms. The summed E-state index contributed by atoms with van der Waals surface area (Å²) in [6.45, 7) is 6.61. The Morgan fingerprint density at radius 1 is 0.787 bits per heavy atom. The Labute approximate surface area is 271 Å². The van der Waals surface area contributed by atoms with Crippen molar-refractivity contribution in [2.24, 2.45) is 0 Å². The fourth-order valence-electron chi connectivity index (χ4n) is 5.47. The predicted molar refractivity (Wildman–Crippen MR) is 176 cm³/mol. The van der Waals surface area contributed by atoms with E-state index in [2.05, 4.69) is 80.3 Å². The van der Waals surface area contributed by atoms with E-state index in [0.717, 1.165) is 68.1 Å². The van der Waals surface area contributed by atoms with Gasteiger partial charge in [-0.15, -0.1) is 0 Å². The van der Waals surface area contributed by atoms with Crippen molar-refractivity contribution < 1.29 is 27.9 Å². The van der Waals surface area contributed by atoms with Crippen LogP contribution in [0.5, 0.6) is 0 Å². The lowest BCUT2D eigenvalue weighted by Crippen LogP contribution is -2.47. The van der Waals surface area contributed by atoms with Crippen molar-refractivity contribution in [2.75, 3.05) is 44.2 Å². The molecular weight excluding hydrogens is 607 g/mol. The molecule has 0 aliphatic carbocycles. The predicted octanol–water partition coefficient (Wildman–Crippen LogP) is 6.33. The van der Waals surface area contributed by atoms with Crippen LogP contribution in [0.3, 0.4) is 0 Å². The fraction of sp³-hybridized carbons (Fsp3) is 0.250. The number of nitrogens with zero attached hydrogens (tertiary/aromatic N) is 4. The number of hydrogen-bond acceptors (Lipinski definition) is 5. The number of carboxylic acid groups (broad SMARTS) is 1. The lowest BCUT2D eigenvalue weighted by Gasteiger charge is -2.36. The van der Waals surface area contributed by atoms with Crippen molar-refractivity contribution >= 4 is 28.6 Å². The summed E-state index contributed by atoms with van der Waals surface area (Å²) >= 11 is 0. The summed E-state index contributed by atoms with van der Waals surface area (Å²) in [5, 5.41) is 10.2. The molecule has 0 radical (unpaired) electrons. The molecule has 1 amide bonds. The van der Waals surface area contributed by atoms with Crippen LogP contribution in [0, 0.1) is 0 Å². The SMILES string of the molecule is O=C(NCCCN1CCN(c2ccccc2)CC1)c1ccc(-c2nc3ccccc3n2Cc2ccccc2)cc1.O=C(O)C(F)(F)F. The Kier molecular flexibility index (Phi) is 10.9. The Hall–Kier alpha value is -5.16. The summed E-state index contributed by atoms with van der Waals surface area (Å²) in [6, 6.07) is 37.1. The topological polar surface area (TPSA) is 90.7 Å². The zero-order valence-corrected chi connectivity index (χ0v) is 25.7. The smallest absolute Gasteiger partial charge is 0.475 e. The number of nitrogens with one attached hydrogen (secondary N) is 1. The number of halogens is 3. The van der Waals surface area contributed by atoms with Crippen LogP contribution in [0.1, 0.15) is 22.3 Å². The van der Waals surface area contributed by atoms with Gasteiger partial charge in [-0.2, -0.15) is 13.2 Å². The highest BCUT2D eigenvalue weighted by atomic mass is 19.4. The zero-order valence-electron chi connectivity index (χ0n) is 25.7. The molecule has 1 aliphatic heterocycles. The molecule has 2 heterocycles. The average Bonchev–Trinajstić information content (AvgIpc) is 3.45. The van der Waals surface area contributed by atoms with Crippen LogP contribution in [0.15, 0.2) is 109 Å². The first-order chi connectivity index (χ1) is 22.7. The number of carbonyl (C=O) groups excluding carboxylic acids is 1. The Bertz CT molecular complexity index is 1750. The van der Waals surface area contributed by atoms with Crippen LogP contribution < -0.4 is 10.2 Å². The van der Waals surface area contributed by atoms with E-state index in [1.54, 1.807) is 0 Å². The molecule has 1 fully saturated rings. The summed E-state index contributed by atoms with van der Waals surface area (Å²) < 4.78 is 34.0. The summed E-state index contributed by atoms with van der Waals surface area (Å²) in [5.41, 5.74) is 6.26. The van der Waals surface area contributed by atoms with Gasteiger partial charge in [-0.1, -0.05) is 72.8 Å². The quantitative estimate of drug-likeness (QED) is 0.183. The summed E-state index contributed by atoms with van der Waals surface area (Å²) in [7, 11) is 0. The third-order valence-electron chi connectivity index (χ3n) is 7.92. The number of fused-ring (bicyclic) bond motifs is 1. The first kappa shape index (κ1) is 33.2. The number of piperazine rings is 1. The first-order valence-electron chi connectivity index (χ1n) is 15.4. The monoisotopic (exact) mass is 643 g/mol. The molecule has 0 unspecified atom stereocenters. The minimum atomic E-state index is -5.08. The molecule has 0 bridgehead atoms. The van der Waals surface area contributed by atoms with E-state index >= 15 is 0 Å². The van der Waals surface area contributed by atoms with Gasteiger partial charge in [0.15, 0.2) is 0 Å². The summed E-state index contributed by atoms with van der Waals surface area (Å²) in [5.74, 6) is -1.88. The third kappa shape index (κ3) is 8.98. The highest BCUT2D eigenvalue weighted by Crippen LogP contribution is 2.26. The molecule has 0 atom stereocenters. The maximum absolute atomic E-state index is 12.8. The Balaban J connectivity index is 0.000000559. The molecule has 0 spiro atoms. The van der Waals surface area contributed by atoms with Gasteiger partial charge in [-0.3, -0.25) is 9.69 Å². The lowest BCUT2D eigenvalue weighted by atomic mass is 10.1. The number of para-hydroxylation sites is 3. The molecule has 1 aromatic heterocycles. The Morgan fingerprint density at radius 3 is 2.02 bits per heavy atom. The Morgan fingerprint density at radius 2 is 1.38 bits per heavy atom. The molecule has 0 saturated carbocycles. The van der Waals surface area contributed by atoms with Crippen LogP contribution in [0.4, 0.5) is 18.9 Å². The second kappa shape index (κ2) is 15.4. The van der Waals surface area contributed by atoms with Gasteiger partial charge < -0.3 is 19.9 Å². The van der Waals surface area contributed by atoms with Crippen molar-refractivity contribution in [3.8, 4) is 11.4 Å². The average molecular weight is 644 g/mol. The van der Waals surface area contributed by atoms with Crippen molar-refractivity contribution in [3.05, 3.63) is 120 Å². The number of anilines is 1. The molecule has 6 rings (SSSR count). The van der Waals surface area contributed by atoms with E-state index in [4.69, 9.17) is 14.9 Å². The maximum atomic E-state index is 12.8. The van der Waals surface area contributed by atoms with Gasteiger partial charge in [-0.05, 0) is 54.9 Å². The summed E-state index contributed by atoms with van der Waals surface area (Å²) in [4.78, 5) is 31.6. The van der Waals surface area contributed by atoms with Gasteiger partial charge in [0.2, 0.25) is 0 Å². The standard InChI is InChI=1S/C34H35N5O.C2HF3O2/c40-34(35-20-9-21-37-22-24-38(25-23-37)30-12-5-2-6-13-30)29-18-16-28(17-19-29)33-36-31-14-7-8-15-32(31)39(33)26-27-10-3-1-4-11-27;3-2(4,5)1(6)7/h1-8,10-19H,9,20-26H2,(H,35,40);(H,6,7). The van der Waals surface area contributed by atoms with Crippen LogP contribution in [0.25, 0.3) is 22.4 Å². The molecule has 1 saturated heterocycles. The molecular formula is C36H36F3N5O3. The maximum Gasteiger partial charge on any atom is 0.490 e. The molecule has 2 N–H and O–H groups in total. The molecule has 11 heteroatoms. The molecule has 5 aromatic rings. The number of carbonyl (C=O) groups is 2. The van der Waals surface area contributed by atoms with Crippen molar-refractivity contribution in [1.29, 1.82) is 0 Å². The number of hydrogen-bond donors (Lipinski definition) is 2. The molecule has 1 aliphatic rings.